The van der Waals surface area contributed by atoms with Gasteiger partial charge in [-0.25, -0.2) is 0 Å². The highest BCUT2D eigenvalue weighted by atomic mass is 32.1. The van der Waals surface area contributed by atoms with E-state index in [9.17, 15) is 0 Å². The molecule has 2 rings (SSSR count). The second kappa shape index (κ2) is 3.15. The summed E-state index contributed by atoms with van der Waals surface area (Å²) in [5.41, 5.74) is 0. The minimum absolute atomic E-state index is 0.993. The van der Waals surface area contributed by atoms with Crippen LogP contribution in [0.5, 0.6) is 0 Å². The normalized spacial score (nSPS) is 10.4. The topological polar surface area (TPSA) is 12.0 Å². The van der Waals surface area contributed by atoms with Gasteiger partial charge in [0.2, 0.25) is 0 Å². The van der Waals surface area contributed by atoms with Gasteiger partial charge in [-0.05, 0) is 24.4 Å². The van der Waals surface area contributed by atoms with E-state index in [-0.39, 0.29) is 0 Å². The van der Waals surface area contributed by atoms with Crippen molar-refractivity contribution in [2.75, 3.05) is 11.9 Å². The van der Waals surface area contributed by atoms with Crippen LogP contribution in [-0.2, 0) is 0 Å². The van der Waals surface area contributed by atoms with Crippen LogP contribution in [0, 0.1) is 0 Å². The molecule has 0 amide bonds. The van der Waals surface area contributed by atoms with Crippen LogP contribution in [0.15, 0.2) is 30.3 Å². The van der Waals surface area contributed by atoms with Gasteiger partial charge in [-0.3, -0.25) is 0 Å². The SMILES string of the molecule is CCNc1cc2ccccc2s1. The number of benzene rings is 1. The number of anilines is 1. The zero-order chi connectivity index (χ0) is 8.39. The van der Waals surface area contributed by atoms with Crippen LogP contribution in [0.3, 0.4) is 0 Å². The van der Waals surface area contributed by atoms with Crippen LogP contribution in [-0.4, -0.2) is 6.54 Å². The zero-order valence-corrected chi connectivity index (χ0v) is 7.82. The summed E-state index contributed by atoms with van der Waals surface area (Å²) < 4.78 is 1.36. The van der Waals surface area contributed by atoms with Crippen molar-refractivity contribution >= 4 is 26.4 Å². The van der Waals surface area contributed by atoms with E-state index in [0.717, 1.165) is 6.54 Å². The highest BCUT2D eigenvalue weighted by Crippen LogP contribution is 2.28. The van der Waals surface area contributed by atoms with Crippen LogP contribution in [0.2, 0.25) is 0 Å². The van der Waals surface area contributed by atoms with E-state index in [1.807, 2.05) is 11.3 Å². The average molecular weight is 177 g/mol. The van der Waals surface area contributed by atoms with Crippen molar-refractivity contribution in [1.82, 2.24) is 0 Å². The largest absolute Gasteiger partial charge is 0.377 e. The fourth-order valence-corrected chi connectivity index (χ4v) is 2.27. The minimum atomic E-state index is 0.993. The van der Waals surface area contributed by atoms with Crippen molar-refractivity contribution in [3.8, 4) is 0 Å². The molecule has 0 aliphatic rings. The van der Waals surface area contributed by atoms with Gasteiger partial charge >= 0.3 is 0 Å². The Kier molecular flexibility index (Phi) is 2.00. The Morgan fingerprint density at radius 1 is 1.33 bits per heavy atom. The first-order valence-electron chi connectivity index (χ1n) is 4.12. The molecule has 0 spiro atoms. The van der Waals surface area contributed by atoms with Gasteiger partial charge in [0.1, 0.15) is 0 Å². The second-order valence-corrected chi connectivity index (χ2v) is 3.76. The third-order valence-electron chi connectivity index (χ3n) is 1.78. The fraction of sp³-hybridized carbons (Fsp3) is 0.200. The van der Waals surface area contributed by atoms with Gasteiger partial charge in [0, 0.05) is 11.2 Å². The van der Waals surface area contributed by atoms with Gasteiger partial charge in [0.15, 0.2) is 0 Å². The molecule has 0 atom stereocenters. The number of fused-ring (bicyclic) bond motifs is 1. The van der Waals surface area contributed by atoms with E-state index in [0.29, 0.717) is 0 Å². The molecule has 2 heteroatoms. The smallest absolute Gasteiger partial charge is 0.0894 e. The molecule has 62 valence electrons. The summed E-state index contributed by atoms with van der Waals surface area (Å²) in [6.07, 6.45) is 0. The summed E-state index contributed by atoms with van der Waals surface area (Å²) >= 11 is 1.81. The van der Waals surface area contributed by atoms with Gasteiger partial charge in [0.05, 0.1) is 5.00 Å². The van der Waals surface area contributed by atoms with Crippen LogP contribution < -0.4 is 5.32 Å². The number of rotatable bonds is 2. The Labute approximate surface area is 76.0 Å². The summed E-state index contributed by atoms with van der Waals surface area (Å²) in [5, 5.41) is 5.91. The van der Waals surface area contributed by atoms with Crippen molar-refractivity contribution in [2.45, 2.75) is 6.92 Å². The summed E-state index contributed by atoms with van der Waals surface area (Å²) in [4.78, 5) is 0. The Balaban J connectivity index is 2.47. The first-order chi connectivity index (χ1) is 5.90. The fourth-order valence-electron chi connectivity index (χ4n) is 1.24. The molecule has 0 aliphatic heterocycles. The van der Waals surface area contributed by atoms with Gasteiger partial charge in [0.25, 0.3) is 0 Å². The van der Waals surface area contributed by atoms with E-state index in [1.54, 1.807) is 0 Å². The van der Waals surface area contributed by atoms with E-state index in [4.69, 9.17) is 0 Å². The summed E-state index contributed by atoms with van der Waals surface area (Å²) in [6, 6.07) is 10.6. The second-order valence-electron chi connectivity index (χ2n) is 2.68. The lowest BCUT2D eigenvalue weighted by Gasteiger charge is -1.93. The molecule has 0 saturated heterocycles. The number of thiophene rings is 1. The number of nitrogens with one attached hydrogen (secondary N) is 1. The molecule has 0 unspecified atom stereocenters. The van der Waals surface area contributed by atoms with Crippen LogP contribution in [0.25, 0.3) is 10.1 Å². The molecular weight excluding hydrogens is 166 g/mol. The highest BCUT2D eigenvalue weighted by Gasteiger charge is 1.97. The van der Waals surface area contributed by atoms with E-state index in [2.05, 4.69) is 42.6 Å². The van der Waals surface area contributed by atoms with Crippen molar-refractivity contribution in [1.29, 1.82) is 0 Å². The minimum Gasteiger partial charge on any atom is -0.377 e. The predicted octanol–water partition coefficient (Wildman–Crippen LogP) is 3.33. The van der Waals surface area contributed by atoms with Gasteiger partial charge in [-0.2, -0.15) is 0 Å². The van der Waals surface area contributed by atoms with Crippen molar-refractivity contribution < 1.29 is 0 Å². The molecule has 1 aromatic carbocycles. The Morgan fingerprint density at radius 3 is 2.92 bits per heavy atom. The standard InChI is InChI=1S/C10H11NS/c1-2-11-10-7-8-5-3-4-6-9(8)12-10/h3-7,11H,2H2,1H3. The van der Waals surface area contributed by atoms with Gasteiger partial charge in [-0.1, -0.05) is 18.2 Å². The molecular formula is C10H11NS. The average Bonchev–Trinajstić information content (AvgIpc) is 2.47. The molecule has 2 aromatic rings. The quantitative estimate of drug-likeness (QED) is 0.742. The Hall–Kier alpha value is -1.02. The maximum absolute atomic E-state index is 3.32. The molecule has 1 aromatic heterocycles. The van der Waals surface area contributed by atoms with Crippen LogP contribution in [0.4, 0.5) is 5.00 Å². The maximum Gasteiger partial charge on any atom is 0.0894 e. The molecule has 0 radical (unpaired) electrons. The zero-order valence-electron chi connectivity index (χ0n) is 7.00. The molecule has 0 fully saturated rings. The first-order valence-corrected chi connectivity index (χ1v) is 4.94. The Bertz CT molecular complexity index is 345. The van der Waals surface area contributed by atoms with E-state index >= 15 is 0 Å². The molecule has 0 saturated carbocycles. The third-order valence-corrected chi connectivity index (χ3v) is 2.85. The van der Waals surface area contributed by atoms with E-state index < -0.39 is 0 Å². The first kappa shape index (κ1) is 7.62. The highest BCUT2D eigenvalue weighted by molar-refractivity contribution is 7.22. The third kappa shape index (κ3) is 1.30. The molecule has 0 aliphatic carbocycles. The van der Waals surface area contributed by atoms with Crippen molar-refractivity contribution in [3.63, 3.8) is 0 Å². The van der Waals surface area contributed by atoms with Gasteiger partial charge < -0.3 is 5.32 Å². The summed E-state index contributed by atoms with van der Waals surface area (Å²) in [6.45, 7) is 3.11. The van der Waals surface area contributed by atoms with Gasteiger partial charge in [-0.15, -0.1) is 11.3 Å². The molecule has 1 nitrogen and oxygen atoms in total. The summed E-state index contributed by atoms with van der Waals surface area (Å²) in [7, 11) is 0. The summed E-state index contributed by atoms with van der Waals surface area (Å²) in [5.74, 6) is 0. The molecule has 12 heavy (non-hydrogen) atoms. The molecule has 1 N–H and O–H groups in total. The van der Waals surface area contributed by atoms with Crippen LogP contribution >= 0.6 is 11.3 Å². The predicted molar refractivity (Wildman–Crippen MR) is 56.0 cm³/mol. The number of hydrogen-bond acceptors (Lipinski definition) is 2. The van der Waals surface area contributed by atoms with E-state index in [1.165, 1.54) is 15.1 Å². The molecule has 0 bridgehead atoms. The lowest BCUT2D eigenvalue weighted by molar-refractivity contribution is 1.23. The lowest BCUT2D eigenvalue weighted by Crippen LogP contribution is -1.91. The monoisotopic (exact) mass is 177 g/mol. The van der Waals surface area contributed by atoms with Crippen LogP contribution in [0.1, 0.15) is 6.92 Å². The maximum atomic E-state index is 3.32. The lowest BCUT2D eigenvalue weighted by atomic mass is 10.3. The number of hydrogen-bond donors (Lipinski definition) is 1. The van der Waals surface area contributed by atoms with Crippen molar-refractivity contribution in [3.05, 3.63) is 30.3 Å². The van der Waals surface area contributed by atoms with Crippen molar-refractivity contribution in [2.24, 2.45) is 0 Å². The Morgan fingerprint density at radius 2 is 2.17 bits per heavy atom. The molecule has 1 heterocycles.